The van der Waals surface area contributed by atoms with Gasteiger partial charge in [-0.15, -0.1) is 0 Å². The summed E-state index contributed by atoms with van der Waals surface area (Å²) >= 11 is 0. The van der Waals surface area contributed by atoms with Crippen LogP contribution in [-0.4, -0.2) is 42.5 Å². The fraction of sp³-hybridized carbons (Fsp3) is 0.867. The van der Waals surface area contributed by atoms with Gasteiger partial charge in [-0.2, -0.15) is 0 Å². The first-order valence-corrected chi connectivity index (χ1v) is 7.54. The van der Waals surface area contributed by atoms with E-state index in [0.29, 0.717) is 13.0 Å². The van der Waals surface area contributed by atoms with Gasteiger partial charge in [0, 0.05) is 6.92 Å². The summed E-state index contributed by atoms with van der Waals surface area (Å²) in [6.45, 7) is 9.28. The molecule has 2 fully saturated rings. The Balaban J connectivity index is 2.23. The van der Waals surface area contributed by atoms with Crippen LogP contribution in [0.15, 0.2) is 0 Å². The number of rotatable bonds is 3. The molecule has 1 saturated carbocycles. The van der Waals surface area contributed by atoms with Crippen LogP contribution in [0.3, 0.4) is 0 Å². The van der Waals surface area contributed by atoms with E-state index in [9.17, 15) is 9.59 Å². The molecule has 2 rings (SSSR count). The second-order valence-electron chi connectivity index (χ2n) is 6.36. The molecule has 0 unspecified atom stereocenters. The molecule has 6 nitrogen and oxygen atoms in total. The van der Waals surface area contributed by atoms with Crippen molar-refractivity contribution in [3.8, 4) is 0 Å². The number of carbonyl (C=O) groups is 2. The molecule has 120 valence electrons. The van der Waals surface area contributed by atoms with Crippen molar-refractivity contribution in [2.45, 2.75) is 65.1 Å². The first-order valence-electron chi connectivity index (χ1n) is 7.54. The van der Waals surface area contributed by atoms with Gasteiger partial charge in [0.2, 0.25) is 5.91 Å². The molecular formula is C15H25NO5. The number of hydrogen-bond donors (Lipinski definition) is 1. The molecule has 0 radical (unpaired) electrons. The van der Waals surface area contributed by atoms with E-state index < -0.39 is 5.79 Å². The molecule has 0 aromatic rings. The van der Waals surface area contributed by atoms with Crippen molar-refractivity contribution in [3.63, 3.8) is 0 Å². The minimum Gasteiger partial charge on any atom is -0.466 e. The Kier molecular flexibility index (Phi) is 4.58. The predicted molar refractivity (Wildman–Crippen MR) is 75.3 cm³/mol. The summed E-state index contributed by atoms with van der Waals surface area (Å²) in [4.78, 5) is 23.6. The van der Waals surface area contributed by atoms with Gasteiger partial charge in [0.15, 0.2) is 5.79 Å². The van der Waals surface area contributed by atoms with Crippen molar-refractivity contribution in [3.05, 3.63) is 0 Å². The first-order chi connectivity index (χ1) is 9.75. The first kappa shape index (κ1) is 16.2. The third-order valence-corrected chi connectivity index (χ3v) is 4.11. The Morgan fingerprint density at radius 3 is 2.48 bits per heavy atom. The molecule has 1 aliphatic carbocycles. The van der Waals surface area contributed by atoms with Gasteiger partial charge in [-0.1, -0.05) is 6.92 Å². The molecule has 0 aromatic heterocycles. The summed E-state index contributed by atoms with van der Waals surface area (Å²) in [7, 11) is 0. The Bertz CT molecular complexity index is 422. The van der Waals surface area contributed by atoms with E-state index in [4.69, 9.17) is 14.2 Å². The van der Waals surface area contributed by atoms with Gasteiger partial charge in [0.25, 0.3) is 0 Å². The van der Waals surface area contributed by atoms with Gasteiger partial charge in [-0.25, -0.2) is 0 Å². The molecule has 1 saturated heterocycles. The van der Waals surface area contributed by atoms with Crippen molar-refractivity contribution in [2.24, 2.45) is 11.8 Å². The number of nitrogens with one attached hydrogen (secondary N) is 1. The standard InChI is InChI=1S/C15H25NO5/c1-6-19-14(18)10-7-8(2)11(16-9(3)17)13-12(10)20-15(4,5)21-13/h8,10-13H,6-7H2,1-5H3,(H,16,17)/t8-,10+,11+,12+,13-/m0/s1. The number of fused-ring (bicyclic) bond motifs is 1. The molecule has 1 amide bonds. The zero-order valence-corrected chi connectivity index (χ0v) is 13.3. The molecule has 0 aromatic carbocycles. The van der Waals surface area contributed by atoms with Crippen molar-refractivity contribution >= 4 is 11.9 Å². The summed E-state index contributed by atoms with van der Waals surface area (Å²) in [5.74, 6) is -1.35. The summed E-state index contributed by atoms with van der Waals surface area (Å²) in [6.07, 6.45) is -0.0983. The van der Waals surface area contributed by atoms with E-state index in [0.717, 1.165) is 0 Å². The van der Waals surface area contributed by atoms with Crippen LogP contribution >= 0.6 is 0 Å². The van der Waals surface area contributed by atoms with Gasteiger partial charge in [-0.3, -0.25) is 9.59 Å². The van der Waals surface area contributed by atoms with Gasteiger partial charge in [0.05, 0.1) is 18.6 Å². The largest absolute Gasteiger partial charge is 0.466 e. The summed E-state index contributed by atoms with van der Waals surface area (Å²) in [6, 6.07) is -0.153. The normalized spacial score (nSPS) is 37.7. The van der Waals surface area contributed by atoms with Crippen LogP contribution in [0.2, 0.25) is 0 Å². The smallest absolute Gasteiger partial charge is 0.311 e. The van der Waals surface area contributed by atoms with Crippen molar-refractivity contribution in [1.29, 1.82) is 0 Å². The maximum absolute atomic E-state index is 12.2. The van der Waals surface area contributed by atoms with Crippen molar-refractivity contribution in [2.75, 3.05) is 6.61 Å². The highest BCUT2D eigenvalue weighted by Crippen LogP contribution is 2.42. The van der Waals surface area contributed by atoms with Gasteiger partial charge in [0.1, 0.15) is 12.2 Å². The van der Waals surface area contributed by atoms with Crippen LogP contribution in [0.1, 0.15) is 41.0 Å². The van der Waals surface area contributed by atoms with E-state index in [1.807, 2.05) is 20.8 Å². The van der Waals surface area contributed by atoms with Crippen LogP contribution in [-0.2, 0) is 23.8 Å². The molecule has 1 N–H and O–H groups in total. The summed E-state index contributed by atoms with van der Waals surface area (Å²) in [5, 5.41) is 2.94. The highest BCUT2D eigenvalue weighted by atomic mass is 16.8. The lowest BCUT2D eigenvalue weighted by molar-refractivity contribution is -0.163. The van der Waals surface area contributed by atoms with Crippen LogP contribution in [0.25, 0.3) is 0 Å². The van der Waals surface area contributed by atoms with Crippen LogP contribution in [0.5, 0.6) is 0 Å². The molecular weight excluding hydrogens is 274 g/mol. The Morgan fingerprint density at radius 1 is 1.29 bits per heavy atom. The number of carbonyl (C=O) groups excluding carboxylic acids is 2. The quantitative estimate of drug-likeness (QED) is 0.793. The molecule has 5 atom stereocenters. The average Bonchev–Trinajstić information content (AvgIpc) is 2.68. The van der Waals surface area contributed by atoms with Crippen LogP contribution in [0.4, 0.5) is 0 Å². The van der Waals surface area contributed by atoms with Crippen LogP contribution in [0, 0.1) is 11.8 Å². The summed E-state index contributed by atoms with van der Waals surface area (Å²) in [5.41, 5.74) is 0. The third-order valence-electron chi connectivity index (χ3n) is 4.11. The fourth-order valence-electron chi connectivity index (χ4n) is 3.35. The molecule has 6 heteroatoms. The van der Waals surface area contributed by atoms with Crippen LogP contribution < -0.4 is 5.32 Å². The second-order valence-corrected chi connectivity index (χ2v) is 6.36. The molecule has 0 bridgehead atoms. The number of ether oxygens (including phenoxy) is 3. The van der Waals surface area contributed by atoms with E-state index >= 15 is 0 Å². The Hall–Kier alpha value is -1.14. The van der Waals surface area contributed by atoms with Crippen molar-refractivity contribution in [1.82, 2.24) is 5.32 Å². The van der Waals surface area contributed by atoms with Crippen molar-refractivity contribution < 1.29 is 23.8 Å². The summed E-state index contributed by atoms with van der Waals surface area (Å²) < 4.78 is 17.0. The monoisotopic (exact) mass is 299 g/mol. The number of amides is 1. The van der Waals surface area contributed by atoms with E-state index in [-0.39, 0.29) is 42.0 Å². The third kappa shape index (κ3) is 3.37. The maximum atomic E-state index is 12.2. The highest BCUT2D eigenvalue weighted by Gasteiger charge is 2.55. The lowest BCUT2D eigenvalue weighted by Gasteiger charge is -2.40. The van der Waals surface area contributed by atoms with Gasteiger partial charge in [-0.05, 0) is 33.1 Å². The van der Waals surface area contributed by atoms with E-state index in [2.05, 4.69) is 5.32 Å². The predicted octanol–water partition coefficient (Wildman–Crippen LogP) is 1.23. The second kappa shape index (κ2) is 5.93. The molecule has 1 aliphatic heterocycles. The molecule has 0 spiro atoms. The minimum absolute atomic E-state index is 0.103. The van der Waals surface area contributed by atoms with Gasteiger partial charge < -0.3 is 19.5 Å². The minimum atomic E-state index is -0.763. The van der Waals surface area contributed by atoms with Gasteiger partial charge >= 0.3 is 5.97 Å². The molecule has 21 heavy (non-hydrogen) atoms. The maximum Gasteiger partial charge on any atom is 0.311 e. The zero-order chi connectivity index (χ0) is 15.8. The number of esters is 1. The lowest BCUT2D eigenvalue weighted by Crippen LogP contribution is -2.57. The molecule has 1 heterocycles. The lowest BCUT2D eigenvalue weighted by atomic mass is 9.75. The molecule has 2 aliphatic rings. The average molecular weight is 299 g/mol. The SMILES string of the molecule is CCOC(=O)[C@@H]1C[C@H](C)[C@@H](NC(C)=O)[C@@H]2OC(C)(C)O[C@@H]21. The fourth-order valence-corrected chi connectivity index (χ4v) is 3.35. The van der Waals surface area contributed by atoms with E-state index in [1.54, 1.807) is 6.92 Å². The Labute approximate surface area is 125 Å². The number of hydrogen-bond acceptors (Lipinski definition) is 5. The highest BCUT2D eigenvalue weighted by molar-refractivity contribution is 5.75. The topological polar surface area (TPSA) is 73.9 Å². The van der Waals surface area contributed by atoms with E-state index in [1.165, 1.54) is 6.92 Å². The zero-order valence-electron chi connectivity index (χ0n) is 13.3. The Morgan fingerprint density at radius 2 is 1.90 bits per heavy atom.